The number of aliphatic hydroxyl groups excluding tert-OH is 3. The van der Waals surface area contributed by atoms with E-state index in [2.05, 4.69) is 0 Å². The van der Waals surface area contributed by atoms with Gasteiger partial charge in [-0.2, -0.15) is 0 Å². The van der Waals surface area contributed by atoms with Gasteiger partial charge in [0.25, 0.3) is 0 Å². The number of ether oxygens (including phenoxy) is 2. The van der Waals surface area contributed by atoms with Crippen molar-refractivity contribution in [3.63, 3.8) is 0 Å². The molecule has 4 unspecified atom stereocenters. The molecule has 1 heterocycles. The van der Waals surface area contributed by atoms with Gasteiger partial charge in [0.2, 0.25) is 12.0 Å². The number of benzene rings is 1. The molecule has 1 aliphatic rings. The number of hydrogen-bond acceptors (Lipinski definition) is 6. The Balaban J connectivity index is 2.12. The molecule has 0 aromatic heterocycles. The maximum Gasteiger partial charge on any atom is 0.371 e. The average Bonchev–Trinajstić information content (AvgIpc) is 2.51. The van der Waals surface area contributed by atoms with Crippen molar-refractivity contribution in [2.75, 3.05) is 6.61 Å². The summed E-state index contributed by atoms with van der Waals surface area (Å²) < 4.78 is 10.5. The van der Waals surface area contributed by atoms with Crippen molar-refractivity contribution in [1.29, 1.82) is 0 Å². The van der Waals surface area contributed by atoms with Crippen LogP contribution in [0.3, 0.4) is 0 Å². The molecule has 1 aromatic rings. The lowest BCUT2D eigenvalue weighted by Crippen LogP contribution is -2.50. The summed E-state index contributed by atoms with van der Waals surface area (Å²) in [4.78, 5) is 11.3. The fourth-order valence-electron chi connectivity index (χ4n) is 2.13. The summed E-state index contributed by atoms with van der Waals surface area (Å²) in [5.74, 6) is -1.63. The summed E-state index contributed by atoms with van der Waals surface area (Å²) in [6, 6.07) is 8.73. The Morgan fingerprint density at radius 3 is 2.59 bits per heavy atom. The van der Waals surface area contributed by atoms with E-state index in [1.54, 1.807) is 30.3 Å². The van der Waals surface area contributed by atoms with E-state index in [4.69, 9.17) is 14.6 Å². The van der Waals surface area contributed by atoms with Crippen molar-refractivity contribution in [3.05, 3.63) is 41.7 Å². The number of carboxylic acids is 1. The number of hydrogen-bond donors (Lipinski definition) is 4. The third kappa shape index (κ3) is 4.05. The lowest BCUT2D eigenvalue weighted by molar-refractivity contribution is -0.246. The Labute approximate surface area is 127 Å². The van der Waals surface area contributed by atoms with Crippen molar-refractivity contribution in [1.82, 2.24) is 0 Å². The third-order valence-corrected chi connectivity index (χ3v) is 3.28. The quantitative estimate of drug-likeness (QED) is 0.445. The van der Waals surface area contributed by atoms with Gasteiger partial charge in [-0.3, -0.25) is 0 Å². The zero-order valence-corrected chi connectivity index (χ0v) is 11.7. The summed E-state index contributed by atoms with van der Waals surface area (Å²) in [7, 11) is 0. The second kappa shape index (κ2) is 7.37. The Morgan fingerprint density at radius 2 is 2.00 bits per heavy atom. The molecule has 1 fully saturated rings. The van der Waals surface area contributed by atoms with Gasteiger partial charge in [-0.25, -0.2) is 4.79 Å². The zero-order chi connectivity index (χ0) is 16.1. The fourth-order valence-corrected chi connectivity index (χ4v) is 2.13. The van der Waals surface area contributed by atoms with E-state index in [1.807, 2.05) is 0 Å². The van der Waals surface area contributed by atoms with Crippen LogP contribution in [0, 0.1) is 0 Å². The lowest BCUT2D eigenvalue weighted by atomic mass is 10.0. The molecule has 4 N–H and O–H groups in total. The second-order valence-electron chi connectivity index (χ2n) is 4.92. The van der Waals surface area contributed by atoms with Gasteiger partial charge in [0.15, 0.2) is 0 Å². The number of carbonyl (C=O) groups is 1. The number of carboxylic acid groups (broad SMARTS) is 1. The van der Waals surface area contributed by atoms with Gasteiger partial charge in [-0.15, -0.1) is 0 Å². The van der Waals surface area contributed by atoms with Crippen LogP contribution in [-0.2, 0) is 14.3 Å². The SMILES string of the molecule is O=C(O)/C(=C/c1ccccc1)OC1CC(O)C(O)C(CO)O1. The van der Waals surface area contributed by atoms with Crippen LogP contribution >= 0.6 is 0 Å². The molecule has 120 valence electrons. The number of rotatable bonds is 5. The number of aliphatic carboxylic acids is 1. The van der Waals surface area contributed by atoms with Crippen molar-refractivity contribution in [3.8, 4) is 0 Å². The molecule has 1 aliphatic heterocycles. The van der Waals surface area contributed by atoms with Crippen LogP contribution in [0.4, 0.5) is 0 Å². The van der Waals surface area contributed by atoms with Crippen molar-refractivity contribution in [2.24, 2.45) is 0 Å². The van der Waals surface area contributed by atoms with Crippen LogP contribution in [-0.4, -0.2) is 57.6 Å². The first-order chi connectivity index (χ1) is 10.5. The standard InChI is InChI=1S/C15H18O7/c16-8-12-14(18)10(17)7-13(22-12)21-11(15(19)20)6-9-4-2-1-3-5-9/h1-6,10,12-14,16-18H,7-8H2,(H,19,20)/b11-6-. The van der Waals surface area contributed by atoms with E-state index in [0.29, 0.717) is 5.56 Å². The second-order valence-corrected chi connectivity index (χ2v) is 4.92. The van der Waals surface area contributed by atoms with Crippen molar-refractivity contribution >= 4 is 12.0 Å². The predicted octanol–water partition coefficient (Wildman–Crippen LogP) is -0.0422. The van der Waals surface area contributed by atoms with Crippen LogP contribution in [0.5, 0.6) is 0 Å². The molecule has 0 radical (unpaired) electrons. The van der Waals surface area contributed by atoms with E-state index in [9.17, 15) is 20.1 Å². The van der Waals surface area contributed by atoms with Crippen LogP contribution in [0.15, 0.2) is 36.1 Å². The van der Waals surface area contributed by atoms with Gasteiger partial charge < -0.3 is 29.9 Å². The zero-order valence-electron chi connectivity index (χ0n) is 11.7. The smallest absolute Gasteiger partial charge is 0.371 e. The number of aliphatic hydroxyl groups is 3. The Bertz CT molecular complexity index is 528. The first-order valence-electron chi connectivity index (χ1n) is 6.80. The summed E-state index contributed by atoms with van der Waals surface area (Å²) in [5.41, 5.74) is 0.634. The third-order valence-electron chi connectivity index (χ3n) is 3.28. The fraction of sp³-hybridized carbons (Fsp3) is 0.400. The maximum absolute atomic E-state index is 11.3. The van der Waals surface area contributed by atoms with Crippen molar-refractivity contribution < 1.29 is 34.7 Å². The molecule has 0 amide bonds. The predicted molar refractivity (Wildman–Crippen MR) is 75.5 cm³/mol. The molecule has 4 atom stereocenters. The van der Waals surface area contributed by atoms with E-state index < -0.39 is 37.2 Å². The van der Waals surface area contributed by atoms with Gasteiger partial charge in [0.1, 0.15) is 12.2 Å². The molecule has 1 aromatic carbocycles. The molecule has 22 heavy (non-hydrogen) atoms. The monoisotopic (exact) mass is 310 g/mol. The topological polar surface area (TPSA) is 116 Å². The minimum Gasteiger partial charge on any atom is -0.475 e. The minimum absolute atomic E-state index is 0.100. The highest BCUT2D eigenvalue weighted by molar-refractivity contribution is 5.89. The largest absolute Gasteiger partial charge is 0.475 e. The van der Waals surface area contributed by atoms with Gasteiger partial charge in [-0.1, -0.05) is 30.3 Å². The van der Waals surface area contributed by atoms with Crippen LogP contribution in [0.2, 0.25) is 0 Å². The molecule has 0 spiro atoms. The maximum atomic E-state index is 11.3. The molecule has 2 rings (SSSR count). The first kappa shape index (κ1) is 16.4. The summed E-state index contributed by atoms with van der Waals surface area (Å²) in [6.45, 7) is -0.511. The molecular formula is C15H18O7. The highest BCUT2D eigenvalue weighted by Crippen LogP contribution is 2.23. The van der Waals surface area contributed by atoms with Gasteiger partial charge in [0.05, 0.1) is 12.7 Å². The molecule has 7 nitrogen and oxygen atoms in total. The first-order valence-corrected chi connectivity index (χ1v) is 6.80. The van der Waals surface area contributed by atoms with Gasteiger partial charge in [-0.05, 0) is 11.6 Å². The van der Waals surface area contributed by atoms with E-state index in [1.165, 1.54) is 6.08 Å². The Hall–Kier alpha value is -1.93. The van der Waals surface area contributed by atoms with Crippen LogP contribution < -0.4 is 0 Å². The Morgan fingerprint density at radius 1 is 1.32 bits per heavy atom. The van der Waals surface area contributed by atoms with E-state index >= 15 is 0 Å². The van der Waals surface area contributed by atoms with E-state index in [0.717, 1.165) is 0 Å². The molecule has 0 aliphatic carbocycles. The Kier molecular flexibility index (Phi) is 5.51. The van der Waals surface area contributed by atoms with E-state index in [-0.39, 0.29) is 12.2 Å². The highest BCUT2D eigenvalue weighted by Gasteiger charge is 2.38. The molecule has 1 saturated heterocycles. The lowest BCUT2D eigenvalue weighted by Gasteiger charge is -2.36. The molecule has 7 heteroatoms. The van der Waals surface area contributed by atoms with Crippen LogP contribution in [0.25, 0.3) is 6.08 Å². The summed E-state index contributed by atoms with van der Waals surface area (Å²) in [5, 5.41) is 37.6. The van der Waals surface area contributed by atoms with Crippen LogP contribution in [0.1, 0.15) is 12.0 Å². The van der Waals surface area contributed by atoms with Gasteiger partial charge in [0, 0.05) is 6.42 Å². The molecular weight excluding hydrogens is 292 g/mol. The summed E-state index contributed by atoms with van der Waals surface area (Å²) >= 11 is 0. The van der Waals surface area contributed by atoms with Gasteiger partial charge >= 0.3 is 5.97 Å². The highest BCUT2D eigenvalue weighted by atomic mass is 16.7. The minimum atomic E-state index is -1.28. The van der Waals surface area contributed by atoms with Crippen molar-refractivity contribution in [2.45, 2.75) is 31.0 Å². The normalized spacial score (nSPS) is 29.1. The average molecular weight is 310 g/mol. The summed E-state index contributed by atoms with van der Waals surface area (Å²) in [6.07, 6.45) is -3.27. The molecule has 0 bridgehead atoms. The molecule has 0 saturated carbocycles.